The van der Waals surface area contributed by atoms with Crippen LogP contribution in [0.4, 0.5) is 5.69 Å². The van der Waals surface area contributed by atoms with Gasteiger partial charge in [-0.1, -0.05) is 18.2 Å². The molecular formula is C16H19NO5S. The highest BCUT2D eigenvalue weighted by Gasteiger charge is 2.21. The first kappa shape index (κ1) is 17.2. The first-order valence-corrected chi connectivity index (χ1v) is 9.17. The van der Waals surface area contributed by atoms with E-state index in [-0.39, 0.29) is 23.4 Å². The molecule has 0 aliphatic heterocycles. The molecule has 6 nitrogen and oxygen atoms in total. The summed E-state index contributed by atoms with van der Waals surface area (Å²) in [5.74, 6) is -1.08. The summed E-state index contributed by atoms with van der Waals surface area (Å²) < 4.78 is 28.0. The van der Waals surface area contributed by atoms with Gasteiger partial charge in [0, 0.05) is 11.9 Å². The van der Waals surface area contributed by atoms with Crippen molar-refractivity contribution >= 4 is 27.4 Å². The Morgan fingerprint density at radius 3 is 2.74 bits per heavy atom. The molecule has 124 valence electrons. The second kappa shape index (κ2) is 7.41. The van der Waals surface area contributed by atoms with E-state index in [0.717, 1.165) is 19.1 Å². The van der Waals surface area contributed by atoms with Crippen LogP contribution < -0.4 is 5.32 Å². The maximum atomic E-state index is 11.8. The van der Waals surface area contributed by atoms with Crippen LogP contribution in [0.1, 0.15) is 19.3 Å². The highest BCUT2D eigenvalue weighted by atomic mass is 32.2. The average molecular weight is 337 g/mol. The Balaban J connectivity index is 1.87. The monoisotopic (exact) mass is 337 g/mol. The fraction of sp³-hybridized carbons (Fsp3) is 0.375. The highest BCUT2D eigenvalue weighted by Crippen LogP contribution is 2.19. The Labute approximate surface area is 135 Å². The second-order valence-electron chi connectivity index (χ2n) is 5.44. The number of nitrogens with one attached hydrogen (secondary N) is 1. The van der Waals surface area contributed by atoms with E-state index >= 15 is 0 Å². The molecule has 0 aromatic heterocycles. The summed E-state index contributed by atoms with van der Waals surface area (Å²) in [7, 11) is -3.34. The third-order valence-electron chi connectivity index (χ3n) is 3.49. The quantitative estimate of drug-likeness (QED) is 0.655. The zero-order valence-electron chi connectivity index (χ0n) is 12.8. The molecule has 0 saturated heterocycles. The van der Waals surface area contributed by atoms with Crippen LogP contribution in [0.25, 0.3) is 0 Å². The maximum absolute atomic E-state index is 11.8. The molecule has 1 aromatic rings. The van der Waals surface area contributed by atoms with E-state index < -0.39 is 15.7 Å². The molecule has 2 rings (SSSR count). The average Bonchev–Trinajstić information content (AvgIpc) is 2.53. The van der Waals surface area contributed by atoms with Gasteiger partial charge in [-0.05, 0) is 37.5 Å². The first-order valence-electron chi connectivity index (χ1n) is 7.28. The SMILES string of the molecule is CS(=O)(=O)c1cccc(NC(=O)COC(=O)[C@@H]2CC=CCC2)c1. The number of rotatable bonds is 5. The largest absolute Gasteiger partial charge is 0.455 e. The Morgan fingerprint density at radius 2 is 2.09 bits per heavy atom. The van der Waals surface area contributed by atoms with Crippen LogP contribution >= 0.6 is 0 Å². The minimum atomic E-state index is -3.34. The van der Waals surface area contributed by atoms with Crippen LogP contribution in [0.2, 0.25) is 0 Å². The minimum Gasteiger partial charge on any atom is -0.455 e. The molecule has 0 heterocycles. The zero-order valence-corrected chi connectivity index (χ0v) is 13.6. The minimum absolute atomic E-state index is 0.112. The van der Waals surface area contributed by atoms with Gasteiger partial charge in [0.15, 0.2) is 16.4 Å². The summed E-state index contributed by atoms with van der Waals surface area (Å²) in [4.78, 5) is 23.7. The van der Waals surface area contributed by atoms with Crippen molar-refractivity contribution in [1.82, 2.24) is 0 Å². The molecule has 1 aliphatic rings. The topological polar surface area (TPSA) is 89.5 Å². The van der Waals surface area contributed by atoms with Crippen molar-refractivity contribution < 1.29 is 22.7 Å². The van der Waals surface area contributed by atoms with Gasteiger partial charge in [-0.3, -0.25) is 9.59 Å². The van der Waals surface area contributed by atoms with Gasteiger partial charge in [-0.25, -0.2) is 8.42 Å². The van der Waals surface area contributed by atoms with E-state index in [2.05, 4.69) is 5.32 Å². The molecule has 1 N–H and O–H groups in total. The molecule has 1 atom stereocenters. The summed E-state index contributed by atoms with van der Waals surface area (Å²) in [6.07, 6.45) is 7.25. The molecule has 1 amide bonds. The molecule has 23 heavy (non-hydrogen) atoms. The fourth-order valence-corrected chi connectivity index (χ4v) is 2.93. The van der Waals surface area contributed by atoms with Crippen molar-refractivity contribution in [3.05, 3.63) is 36.4 Å². The molecule has 1 aliphatic carbocycles. The fourth-order valence-electron chi connectivity index (χ4n) is 2.26. The summed E-state index contributed by atoms with van der Waals surface area (Å²) in [6.45, 7) is -0.387. The molecular weight excluding hydrogens is 318 g/mol. The van der Waals surface area contributed by atoms with E-state index in [0.29, 0.717) is 12.1 Å². The zero-order chi connectivity index (χ0) is 16.9. The van der Waals surface area contributed by atoms with Crippen molar-refractivity contribution in [3.8, 4) is 0 Å². The molecule has 0 radical (unpaired) electrons. The lowest BCUT2D eigenvalue weighted by molar-refractivity contribution is -0.151. The number of carbonyl (C=O) groups excluding carboxylic acids is 2. The number of anilines is 1. The van der Waals surface area contributed by atoms with Crippen LogP contribution in [0, 0.1) is 5.92 Å². The van der Waals surface area contributed by atoms with E-state index in [9.17, 15) is 18.0 Å². The van der Waals surface area contributed by atoms with Gasteiger partial charge in [-0.2, -0.15) is 0 Å². The van der Waals surface area contributed by atoms with Crippen LogP contribution in [0.5, 0.6) is 0 Å². The molecule has 0 fully saturated rings. The number of hydrogen-bond acceptors (Lipinski definition) is 5. The van der Waals surface area contributed by atoms with Crippen LogP contribution in [-0.4, -0.2) is 33.2 Å². The number of allylic oxidation sites excluding steroid dienone is 2. The summed E-state index contributed by atoms with van der Waals surface area (Å²) >= 11 is 0. The highest BCUT2D eigenvalue weighted by molar-refractivity contribution is 7.90. The van der Waals surface area contributed by atoms with Crippen molar-refractivity contribution in [3.63, 3.8) is 0 Å². The number of hydrogen-bond donors (Lipinski definition) is 1. The number of esters is 1. The summed E-state index contributed by atoms with van der Waals surface area (Å²) in [5.41, 5.74) is 0.342. The molecule has 1 aromatic carbocycles. The smallest absolute Gasteiger partial charge is 0.309 e. The Bertz CT molecular complexity index is 724. The standard InChI is InChI=1S/C16H19NO5S/c1-23(20,21)14-9-5-8-13(10-14)17-15(18)11-22-16(19)12-6-3-2-4-7-12/h2-3,5,8-10,12H,4,6-7,11H2,1H3,(H,17,18)/t12-/m1/s1. The van der Waals surface area contributed by atoms with Crippen LogP contribution in [-0.2, 0) is 24.2 Å². The molecule has 0 bridgehead atoms. The third kappa shape index (κ3) is 5.21. The van der Waals surface area contributed by atoms with Gasteiger partial charge in [0.1, 0.15) is 0 Å². The number of sulfone groups is 1. The Kier molecular flexibility index (Phi) is 5.54. The number of benzene rings is 1. The first-order chi connectivity index (χ1) is 10.9. The van der Waals surface area contributed by atoms with Crippen LogP contribution in [0.3, 0.4) is 0 Å². The molecule has 7 heteroatoms. The number of ether oxygens (including phenoxy) is 1. The lowest BCUT2D eigenvalue weighted by Crippen LogP contribution is -2.25. The van der Waals surface area contributed by atoms with E-state index in [1.807, 2.05) is 12.2 Å². The van der Waals surface area contributed by atoms with Gasteiger partial charge >= 0.3 is 5.97 Å². The van der Waals surface area contributed by atoms with Gasteiger partial charge in [0.05, 0.1) is 10.8 Å². The van der Waals surface area contributed by atoms with Crippen molar-refractivity contribution in [2.24, 2.45) is 5.92 Å². The summed E-state index contributed by atoms with van der Waals surface area (Å²) in [6, 6.07) is 5.91. The van der Waals surface area contributed by atoms with Gasteiger partial charge < -0.3 is 10.1 Å². The normalized spacial score (nSPS) is 17.5. The maximum Gasteiger partial charge on any atom is 0.309 e. The van der Waals surface area contributed by atoms with Gasteiger partial charge in [-0.15, -0.1) is 0 Å². The second-order valence-corrected chi connectivity index (χ2v) is 7.45. The lowest BCUT2D eigenvalue weighted by atomic mass is 9.95. The van der Waals surface area contributed by atoms with Gasteiger partial charge in [0.25, 0.3) is 5.91 Å². The van der Waals surface area contributed by atoms with E-state index in [4.69, 9.17) is 4.74 Å². The number of amides is 1. The van der Waals surface area contributed by atoms with E-state index in [1.165, 1.54) is 18.2 Å². The van der Waals surface area contributed by atoms with Crippen molar-refractivity contribution in [2.75, 3.05) is 18.2 Å². The summed E-state index contributed by atoms with van der Waals surface area (Å²) in [5, 5.41) is 2.52. The molecule has 0 saturated carbocycles. The van der Waals surface area contributed by atoms with Crippen molar-refractivity contribution in [2.45, 2.75) is 24.2 Å². The Morgan fingerprint density at radius 1 is 1.30 bits per heavy atom. The van der Waals surface area contributed by atoms with Crippen LogP contribution in [0.15, 0.2) is 41.3 Å². The van der Waals surface area contributed by atoms with Crippen molar-refractivity contribution in [1.29, 1.82) is 0 Å². The Hall–Kier alpha value is -2.15. The number of carbonyl (C=O) groups is 2. The van der Waals surface area contributed by atoms with Gasteiger partial charge in [0.2, 0.25) is 0 Å². The predicted octanol–water partition coefficient (Wildman–Crippen LogP) is 1.93. The lowest BCUT2D eigenvalue weighted by Gasteiger charge is -2.16. The molecule has 0 unspecified atom stereocenters. The van der Waals surface area contributed by atoms with E-state index in [1.54, 1.807) is 6.07 Å². The molecule has 0 spiro atoms. The predicted molar refractivity (Wildman–Crippen MR) is 85.6 cm³/mol. The third-order valence-corrected chi connectivity index (χ3v) is 4.60.